The zero-order valence-corrected chi connectivity index (χ0v) is 42.4. The second-order valence-corrected chi connectivity index (χ2v) is 23.9. The largest absolute Gasteiger partial charge is 0.394 e. The molecule has 9 fully saturated rings. The van der Waals surface area contributed by atoms with Crippen LogP contribution in [0.4, 0.5) is 0 Å². The molecule has 10 rings (SSSR count). The summed E-state index contributed by atoms with van der Waals surface area (Å²) >= 11 is 0. The Bertz CT molecular complexity index is 1920. The lowest BCUT2D eigenvalue weighted by Gasteiger charge is -2.59. The molecule has 73 heavy (non-hydrogen) atoms. The third-order valence-electron chi connectivity index (χ3n) is 19.8. The topological polar surface area (TPSA) is 335 Å². The highest BCUT2D eigenvalue weighted by Crippen LogP contribution is 2.71. The van der Waals surface area contributed by atoms with E-state index in [1.165, 1.54) is 12.5 Å². The van der Waals surface area contributed by atoms with Crippen molar-refractivity contribution in [1.82, 2.24) is 0 Å². The summed E-state index contributed by atoms with van der Waals surface area (Å²) in [5, 5.41) is 130. The number of aliphatic hydroxyl groups is 12. The normalized spacial score (nSPS) is 57.1. The molecule has 1 spiro atoms. The van der Waals surface area contributed by atoms with Gasteiger partial charge in [0.15, 0.2) is 30.9 Å². The van der Waals surface area contributed by atoms with E-state index in [4.69, 9.17) is 47.4 Å². The number of rotatable bonds is 11. The van der Waals surface area contributed by atoms with Crippen LogP contribution in [0.25, 0.3) is 0 Å². The Morgan fingerprint density at radius 2 is 1.21 bits per heavy atom. The van der Waals surface area contributed by atoms with Crippen molar-refractivity contribution in [3.63, 3.8) is 0 Å². The van der Waals surface area contributed by atoms with Crippen molar-refractivity contribution in [2.45, 2.75) is 233 Å². The van der Waals surface area contributed by atoms with Gasteiger partial charge < -0.3 is 109 Å². The van der Waals surface area contributed by atoms with Crippen LogP contribution in [-0.4, -0.2) is 229 Å². The number of aliphatic hydroxyl groups excluding tert-OH is 12. The first-order chi connectivity index (χ1) is 34.7. The molecule has 4 aliphatic carbocycles. The van der Waals surface area contributed by atoms with Gasteiger partial charge in [0.1, 0.15) is 91.6 Å². The fraction of sp³-hybridized carbons (Fsp3) is 0.961. The van der Waals surface area contributed by atoms with E-state index >= 15 is 0 Å². The van der Waals surface area contributed by atoms with Crippen molar-refractivity contribution in [3.05, 3.63) is 11.6 Å². The second kappa shape index (κ2) is 21.2. The van der Waals surface area contributed by atoms with Gasteiger partial charge in [0, 0.05) is 12.3 Å². The van der Waals surface area contributed by atoms with E-state index in [1.54, 1.807) is 0 Å². The lowest BCUT2D eigenvalue weighted by Crippen LogP contribution is -2.68. The van der Waals surface area contributed by atoms with Gasteiger partial charge in [0.2, 0.25) is 0 Å². The summed E-state index contributed by atoms with van der Waals surface area (Å²) in [7, 11) is 0. The van der Waals surface area contributed by atoms with Crippen LogP contribution in [0.5, 0.6) is 0 Å². The van der Waals surface area contributed by atoms with Crippen LogP contribution in [0.1, 0.15) is 92.4 Å². The molecule has 12 N–H and O–H groups in total. The molecule has 0 bridgehead atoms. The lowest BCUT2D eigenvalue weighted by molar-refractivity contribution is -0.397. The Hall–Kier alpha value is -1.14. The van der Waals surface area contributed by atoms with Crippen LogP contribution in [0.2, 0.25) is 0 Å². The summed E-state index contributed by atoms with van der Waals surface area (Å²) < 4.78 is 62.1. The number of allylic oxidation sites excluding steroid dienone is 2. The molecule has 6 heterocycles. The first-order valence-electron chi connectivity index (χ1n) is 26.9. The monoisotopic (exact) mass is 1050 g/mol. The van der Waals surface area contributed by atoms with Gasteiger partial charge in [-0.15, -0.1) is 0 Å². The molecule has 3 saturated carbocycles. The third-order valence-corrected chi connectivity index (χ3v) is 19.8. The Balaban J connectivity index is 0.872. The first-order valence-corrected chi connectivity index (χ1v) is 26.9. The molecule has 6 saturated heterocycles. The highest BCUT2D eigenvalue weighted by atomic mass is 16.8. The molecule has 0 aromatic heterocycles. The third kappa shape index (κ3) is 9.42. The minimum Gasteiger partial charge on any atom is -0.394 e. The highest BCUT2D eigenvalue weighted by Gasteiger charge is 2.69. The minimum absolute atomic E-state index is 0.102. The standard InChI is InChI=1S/C51H82O22/c1-20-10-13-51(64-19-20)21(2)32-28(73-51)14-27-25-9-7-23-6-8-24(15-50(23,5)26(25)11-12-49(27,32)4)66-48-44(72-45-38(60)36(58)33(55)22(3)65-45)40(62)42(31(18-54)69-48)70-47-41(63)43(35(57)30(17-53)68-47)71-46-39(61)37(59)34(56)29(16-52)67-46/h7,20-22,24-48,52-63H,6,8-19H2,1-5H3. The SMILES string of the molecule is CC1CCC2(OC1)OC1CC3C4CC=C5CCC(OC6OC(CO)C(OC7OC(CO)C(O)C(OC8OC(CO)C(O)C(O)C8O)C7O)C(O)C6OC6OC(C)C(O)C(O)C6O)CC5(C)C4CCC3(C)C1C2C. The second-order valence-electron chi connectivity index (χ2n) is 23.9. The van der Waals surface area contributed by atoms with Crippen molar-refractivity contribution in [3.8, 4) is 0 Å². The lowest BCUT2D eigenvalue weighted by atomic mass is 9.46. The molecule has 31 atom stereocenters. The summed E-state index contributed by atoms with van der Waals surface area (Å²) in [4.78, 5) is 0. The molecular weight excluding hydrogens is 965 g/mol. The zero-order valence-electron chi connectivity index (χ0n) is 42.4. The van der Waals surface area contributed by atoms with E-state index in [0.29, 0.717) is 48.3 Å². The maximum atomic E-state index is 12.4. The smallest absolute Gasteiger partial charge is 0.187 e. The summed E-state index contributed by atoms with van der Waals surface area (Å²) in [6.45, 7) is 9.18. The van der Waals surface area contributed by atoms with Gasteiger partial charge in [-0.25, -0.2) is 0 Å². The van der Waals surface area contributed by atoms with Crippen LogP contribution in [0.3, 0.4) is 0 Å². The van der Waals surface area contributed by atoms with Gasteiger partial charge in [-0.05, 0) is 98.7 Å². The van der Waals surface area contributed by atoms with Gasteiger partial charge in [0.25, 0.3) is 0 Å². The van der Waals surface area contributed by atoms with E-state index < -0.39 is 155 Å². The van der Waals surface area contributed by atoms with E-state index in [1.807, 2.05) is 0 Å². The number of ether oxygens (including phenoxy) is 10. The Kier molecular flexibility index (Phi) is 16.0. The van der Waals surface area contributed by atoms with Crippen LogP contribution in [-0.2, 0) is 47.4 Å². The molecule has 22 heteroatoms. The van der Waals surface area contributed by atoms with Crippen molar-refractivity contribution < 1.29 is 109 Å². The van der Waals surface area contributed by atoms with Crippen LogP contribution in [0, 0.1) is 46.3 Å². The minimum atomic E-state index is -2.00. The number of hydrogen-bond acceptors (Lipinski definition) is 22. The Labute approximate surface area is 425 Å². The molecule has 6 aliphatic heterocycles. The number of hydrogen-bond donors (Lipinski definition) is 12. The predicted octanol–water partition coefficient (Wildman–Crippen LogP) is -1.96. The van der Waals surface area contributed by atoms with E-state index in [-0.39, 0.29) is 16.9 Å². The van der Waals surface area contributed by atoms with E-state index in [9.17, 15) is 61.3 Å². The summed E-state index contributed by atoms with van der Waals surface area (Å²) in [5.74, 6) is 1.98. The first kappa shape index (κ1) is 55.2. The highest BCUT2D eigenvalue weighted by molar-refractivity contribution is 5.26. The molecule has 0 aromatic rings. The molecule has 22 nitrogen and oxygen atoms in total. The molecule has 10 aliphatic rings. The Morgan fingerprint density at radius 1 is 0.589 bits per heavy atom. The van der Waals surface area contributed by atoms with Crippen LogP contribution < -0.4 is 0 Å². The maximum absolute atomic E-state index is 12.4. The molecule has 0 aromatic carbocycles. The van der Waals surface area contributed by atoms with E-state index in [2.05, 4.69) is 33.8 Å². The zero-order chi connectivity index (χ0) is 52.2. The quantitative estimate of drug-likeness (QED) is 0.1000. The summed E-state index contributed by atoms with van der Waals surface area (Å²) in [6.07, 6.45) is -23.2. The summed E-state index contributed by atoms with van der Waals surface area (Å²) in [5.41, 5.74) is 1.25. The van der Waals surface area contributed by atoms with Crippen molar-refractivity contribution in [1.29, 1.82) is 0 Å². The number of fused-ring (bicyclic) bond motifs is 7. The average molecular weight is 1050 g/mol. The van der Waals surface area contributed by atoms with Crippen LogP contribution in [0.15, 0.2) is 11.6 Å². The molecule has 0 amide bonds. The molecule has 418 valence electrons. The van der Waals surface area contributed by atoms with Gasteiger partial charge in [-0.3, -0.25) is 0 Å². The maximum Gasteiger partial charge on any atom is 0.187 e. The molecular formula is C51H82O22. The van der Waals surface area contributed by atoms with E-state index in [0.717, 1.165) is 51.6 Å². The van der Waals surface area contributed by atoms with Crippen molar-refractivity contribution >= 4 is 0 Å². The van der Waals surface area contributed by atoms with Gasteiger partial charge in [0.05, 0.1) is 44.7 Å². The van der Waals surface area contributed by atoms with Crippen LogP contribution >= 0.6 is 0 Å². The fourth-order valence-electron chi connectivity index (χ4n) is 15.6. The van der Waals surface area contributed by atoms with Gasteiger partial charge in [-0.1, -0.05) is 39.3 Å². The van der Waals surface area contributed by atoms with Crippen molar-refractivity contribution in [2.75, 3.05) is 26.4 Å². The molecule has 31 unspecified atom stereocenters. The predicted molar refractivity (Wildman–Crippen MR) is 247 cm³/mol. The van der Waals surface area contributed by atoms with Gasteiger partial charge >= 0.3 is 0 Å². The average Bonchev–Trinajstić information content (AvgIpc) is 3.82. The Morgan fingerprint density at radius 3 is 1.88 bits per heavy atom. The van der Waals surface area contributed by atoms with Crippen molar-refractivity contribution in [2.24, 2.45) is 46.3 Å². The fourth-order valence-corrected chi connectivity index (χ4v) is 15.6. The molecule has 0 radical (unpaired) electrons. The summed E-state index contributed by atoms with van der Waals surface area (Å²) in [6, 6.07) is 0. The van der Waals surface area contributed by atoms with Gasteiger partial charge in [-0.2, -0.15) is 0 Å².